The highest BCUT2D eigenvalue weighted by atomic mass is 32.2. The number of rotatable bonds is 10. The molecule has 0 aliphatic heterocycles. The van der Waals surface area contributed by atoms with E-state index in [0.717, 1.165) is 22.3 Å². The highest BCUT2D eigenvalue weighted by molar-refractivity contribution is 7.87. The van der Waals surface area contributed by atoms with Crippen molar-refractivity contribution in [1.29, 1.82) is 0 Å². The molecule has 1 aliphatic rings. The zero-order chi connectivity index (χ0) is 31.5. The molecule has 2 atom stereocenters. The number of carbonyl (C=O) groups is 2. The molecule has 2 N–H and O–H groups in total. The van der Waals surface area contributed by atoms with Crippen LogP contribution in [0.5, 0.6) is 5.75 Å². The summed E-state index contributed by atoms with van der Waals surface area (Å²) < 4.78 is 42.4. The maximum Gasteiger partial charge on any atom is 0.339 e. The Morgan fingerprint density at radius 2 is 1.41 bits per heavy atom. The second-order valence-corrected chi connectivity index (χ2v) is 13.2. The normalized spacial score (nSPS) is 14.2. The first-order chi connectivity index (χ1) is 20.9. The van der Waals surface area contributed by atoms with Gasteiger partial charge in [-0.3, -0.25) is 9.59 Å². The van der Waals surface area contributed by atoms with Gasteiger partial charge in [0, 0.05) is 11.8 Å². The number of hydrogen-bond donors (Lipinski definition) is 1. The molecule has 4 aromatic rings. The van der Waals surface area contributed by atoms with E-state index in [1.165, 1.54) is 24.3 Å². The molecule has 0 fully saturated rings. The summed E-state index contributed by atoms with van der Waals surface area (Å²) in [7, 11) is -4.12. The van der Waals surface area contributed by atoms with E-state index < -0.39 is 39.6 Å². The molecule has 1 aliphatic carbocycles. The lowest BCUT2D eigenvalue weighted by atomic mass is 9.88. The summed E-state index contributed by atoms with van der Waals surface area (Å²) in [5, 5.41) is 0. The minimum absolute atomic E-state index is 0.00829. The zero-order valence-corrected chi connectivity index (χ0v) is 25.6. The fourth-order valence-electron chi connectivity index (χ4n) is 5.44. The predicted molar refractivity (Wildman–Crippen MR) is 167 cm³/mol. The van der Waals surface area contributed by atoms with Gasteiger partial charge in [-0.05, 0) is 72.9 Å². The zero-order valence-electron chi connectivity index (χ0n) is 24.8. The quantitative estimate of drug-likeness (QED) is 0.172. The standard InChI is InChI=1S/C35H35NO7S/c1-35(2,3)42-32(37)21-30(23-12-11-13-24(20-23)43-44(39,40)25-14-5-4-6-15-25)33(36)34(38)41-22-31-28-18-9-7-16-26(28)27-17-8-10-19-29(27)31/h4-20,30-31,33H,21-22,36H2,1-3H3. The lowest BCUT2D eigenvalue weighted by Gasteiger charge is -2.26. The first-order valence-corrected chi connectivity index (χ1v) is 15.8. The number of ether oxygens (including phenoxy) is 2. The molecule has 0 bridgehead atoms. The third-order valence-electron chi connectivity index (χ3n) is 7.39. The van der Waals surface area contributed by atoms with E-state index in [1.54, 1.807) is 51.1 Å². The summed E-state index contributed by atoms with van der Waals surface area (Å²) in [5.41, 5.74) is 10.5. The van der Waals surface area contributed by atoms with Gasteiger partial charge < -0.3 is 19.4 Å². The number of benzene rings is 4. The number of hydrogen-bond acceptors (Lipinski definition) is 8. The predicted octanol–water partition coefficient (Wildman–Crippen LogP) is 5.95. The molecule has 0 radical (unpaired) electrons. The topological polar surface area (TPSA) is 122 Å². The lowest BCUT2D eigenvalue weighted by Crippen LogP contribution is -2.40. The molecule has 9 heteroatoms. The van der Waals surface area contributed by atoms with E-state index >= 15 is 0 Å². The van der Waals surface area contributed by atoms with Gasteiger partial charge in [-0.2, -0.15) is 8.42 Å². The van der Waals surface area contributed by atoms with Gasteiger partial charge >= 0.3 is 22.1 Å². The third-order valence-corrected chi connectivity index (χ3v) is 8.65. The van der Waals surface area contributed by atoms with Gasteiger partial charge in [0.15, 0.2) is 0 Å². The first-order valence-electron chi connectivity index (χ1n) is 14.3. The number of carbonyl (C=O) groups excluding carboxylic acids is 2. The average molecular weight is 614 g/mol. The molecule has 0 saturated carbocycles. The third kappa shape index (κ3) is 7.01. The van der Waals surface area contributed by atoms with Crippen LogP contribution in [0.1, 0.15) is 55.7 Å². The van der Waals surface area contributed by atoms with Crippen molar-refractivity contribution < 1.29 is 31.7 Å². The molecule has 0 amide bonds. The van der Waals surface area contributed by atoms with Crippen molar-refractivity contribution in [2.24, 2.45) is 5.73 Å². The number of esters is 2. The monoisotopic (exact) mass is 613 g/mol. The molecule has 4 aromatic carbocycles. The van der Waals surface area contributed by atoms with Crippen LogP contribution in [0.15, 0.2) is 108 Å². The first kappa shape index (κ1) is 31.0. The maximum absolute atomic E-state index is 13.5. The van der Waals surface area contributed by atoms with Crippen LogP contribution in [0.25, 0.3) is 11.1 Å². The van der Waals surface area contributed by atoms with Crippen LogP contribution in [0.2, 0.25) is 0 Å². The van der Waals surface area contributed by atoms with Crippen molar-refractivity contribution in [1.82, 2.24) is 0 Å². The molecule has 0 heterocycles. The molecule has 228 valence electrons. The van der Waals surface area contributed by atoms with Gasteiger partial charge in [0.2, 0.25) is 0 Å². The average Bonchev–Trinajstić information content (AvgIpc) is 3.31. The van der Waals surface area contributed by atoms with Crippen molar-refractivity contribution in [2.45, 2.75) is 55.6 Å². The highest BCUT2D eigenvalue weighted by Crippen LogP contribution is 2.44. The summed E-state index contributed by atoms with van der Waals surface area (Å²) in [6.07, 6.45) is -0.239. The van der Waals surface area contributed by atoms with Gasteiger partial charge in [0.1, 0.15) is 28.9 Å². The molecule has 44 heavy (non-hydrogen) atoms. The summed E-state index contributed by atoms with van der Waals surface area (Å²) >= 11 is 0. The molecule has 5 rings (SSSR count). The summed E-state index contributed by atoms with van der Waals surface area (Å²) in [6.45, 7) is 5.30. The fraction of sp³-hybridized carbons (Fsp3) is 0.257. The number of nitrogens with two attached hydrogens (primary N) is 1. The molecular weight excluding hydrogens is 578 g/mol. The van der Waals surface area contributed by atoms with Crippen LogP contribution in [0.4, 0.5) is 0 Å². The van der Waals surface area contributed by atoms with E-state index in [4.69, 9.17) is 19.4 Å². The summed E-state index contributed by atoms with van der Waals surface area (Å²) in [6, 6.07) is 28.7. The van der Waals surface area contributed by atoms with Crippen LogP contribution >= 0.6 is 0 Å². The Bertz CT molecular complexity index is 1720. The van der Waals surface area contributed by atoms with Gasteiger partial charge in [-0.1, -0.05) is 78.9 Å². The molecule has 8 nitrogen and oxygen atoms in total. The van der Waals surface area contributed by atoms with Gasteiger partial charge in [0.25, 0.3) is 0 Å². The van der Waals surface area contributed by atoms with Crippen LogP contribution in [-0.2, 0) is 29.2 Å². The van der Waals surface area contributed by atoms with Gasteiger partial charge in [-0.25, -0.2) is 0 Å². The van der Waals surface area contributed by atoms with E-state index in [9.17, 15) is 18.0 Å². The Morgan fingerprint density at radius 1 is 0.818 bits per heavy atom. The van der Waals surface area contributed by atoms with Crippen LogP contribution < -0.4 is 9.92 Å². The summed E-state index contributed by atoms with van der Waals surface area (Å²) in [4.78, 5) is 26.4. The smallest absolute Gasteiger partial charge is 0.339 e. The Balaban J connectivity index is 1.38. The number of fused-ring (bicyclic) bond motifs is 3. The molecular formula is C35H35NO7S. The van der Waals surface area contributed by atoms with Crippen molar-refractivity contribution in [3.8, 4) is 16.9 Å². The van der Waals surface area contributed by atoms with Gasteiger partial charge in [0.05, 0.1) is 6.42 Å². The van der Waals surface area contributed by atoms with Crippen LogP contribution in [0, 0.1) is 0 Å². The largest absolute Gasteiger partial charge is 0.464 e. The fourth-order valence-corrected chi connectivity index (χ4v) is 6.38. The molecule has 0 saturated heterocycles. The summed E-state index contributed by atoms with van der Waals surface area (Å²) in [5.74, 6) is -2.29. The van der Waals surface area contributed by atoms with Crippen LogP contribution in [0.3, 0.4) is 0 Å². The van der Waals surface area contributed by atoms with Crippen molar-refractivity contribution in [3.05, 3.63) is 120 Å². The van der Waals surface area contributed by atoms with E-state index in [2.05, 4.69) is 0 Å². The molecule has 0 spiro atoms. The Labute approximate surface area is 257 Å². The second-order valence-electron chi connectivity index (χ2n) is 11.7. The minimum atomic E-state index is -4.12. The van der Waals surface area contributed by atoms with E-state index in [0.29, 0.717) is 5.56 Å². The minimum Gasteiger partial charge on any atom is -0.464 e. The SMILES string of the molecule is CC(C)(C)OC(=O)CC(c1cccc(OS(=O)(=O)c2ccccc2)c1)C(N)C(=O)OCC1c2ccccc2-c2ccccc21. The van der Waals surface area contributed by atoms with Crippen molar-refractivity contribution in [3.63, 3.8) is 0 Å². The van der Waals surface area contributed by atoms with Crippen molar-refractivity contribution in [2.75, 3.05) is 6.61 Å². The Kier molecular flexibility index (Phi) is 8.90. The highest BCUT2D eigenvalue weighted by Gasteiger charge is 2.34. The lowest BCUT2D eigenvalue weighted by molar-refractivity contribution is -0.156. The van der Waals surface area contributed by atoms with Crippen LogP contribution in [-0.4, -0.2) is 38.6 Å². The van der Waals surface area contributed by atoms with E-state index in [1.807, 2.05) is 48.5 Å². The maximum atomic E-state index is 13.5. The molecule has 2 unspecified atom stereocenters. The molecule has 0 aromatic heterocycles. The Hall–Kier alpha value is -4.47. The second kappa shape index (κ2) is 12.6. The van der Waals surface area contributed by atoms with Crippen molar-refractivity contribution >= 4 is 22.1 Å². The van der Waals surface area contributed by atoms with Gasteiger partial charge in [-0.15, -0.1) is 0 Å². The van der Waals surface area contributed by atoms with E-state index in [-0.39, 0.29) is 29.6 Å². The Morgan fingerprint density at radius 3 is 2.02 bits per heavy atom.